The molecule has 3 aliphatic carbocycles. The number of esters is 1. The van der Waals surface area contributed by atoms with Crippen molar-refractivity contribution >= 4 is 5.97 Å². The lowest BCUT2D eigenvalue weighted by molar-refractivity contribution is -0.212. The first kappa shape index (κ1) is 21.0. The standard InChI is InChI=1S/C25H38O5/c1-22(2)8-5-9-23(3)17(22)6-10-24(4)18(23)7-11-25(14-26)19(24)13-16(30-25)15-12-20(27)29-21(15)28/h12,16-19,21,26,28H,5-11,13-14H2,1-4H3. The summed E-state index contributed by atoms with van der Waals surface area (Å²) in [6.07, 6.45) is 8.85. The monoisotopic (exact) mass is 418 g/mol. The van der Waals surface area contributed by atoms with Gasteiger partial charge in [0.2, 0.25) is 6.29 Å². The molecule has 5 nitrogen and oxygen atoms in total. The summed E-state index contributed by atoms with van der Waals surface area (Å²) in [4.78, 5) is 11.7. The molecule has 0 aromatic carbocycles. The van der Waals surface area contributed by atoms with Crippen molar-refractivity contribution < 1.29 is 24.5 Å². The highest BCUT2D eigenvalue weighted by molar-refractivity contribution is 5.85. The van der Waals surface area contributed by atoms with Crippen LogP contribution < -0.4 is 0 Å². The van der Waals surface area contributed by atoms with E-state index in [2.05, 4.69) is 27.7 Å². The Morgan fingerprint density at radius 3 is 2.37 bits per heavy atom. The van der Waals surface area contributed by atoms with Crippen molar-refractivity contribution in [3.8, 4) is 0 Å². The van der Waals surface area contributed by atoms with Crippen molar-refractivity contribution in [2.75, 3.05) is 6.61 Å². The van der Waals surface area contributed by atoms with Crippen LogP contribution in [0.5, 0.6) is 0 Å². The van der Waals surface area contributed by atoms with Gasteiger partial charge in [-0.05, 0) is 78.9 Å². The SMILES string of the molecule is CC1(C)CCCC2(C)C1CCC1(C)C3CC(C4=CC(=O)OC4O)OC3(CO)CCC21. The molecule has 2 heterocycles. The van der Waals surface area contributed by atoms with Crippen LogP contribution in [0.25, 0.3) is 0 Å². The number of hydrogen-bond acceptors (Lipinski definition) is 5. The predicted octanol–water partition coefficient (Wildman–Crippen LogP) is 3.97. The normalized spacial score (nSPS) is 52.1. The molecular weight excluding hydrogens is 380 g/mol. The number of rotatable bonds is 2. The molecular formula is C25H38O5. The van der Waals surface area contributed by atoms with Crippen molar-refractivity contribution in [2.24, 2.45) is 34.0 Å². The fourth-order valence-electron chi connectivity index (χ4n) is 9.20. The van der Waals surface area contributed by atoms with Crippen LogP contribution in [0.2, 0.25) is 0 Å². The first-order valence-electron chi connectivity index (χ1n) is 11.9. The third-order valence-electron chi connectivity index (χ3n) is 10.4. The van der Waals surface area contributed by atoms with Crippen LogP contribution in [0, 0.1) is 34.0 Å². The van der Waals surface area contributed by atoms with E-state index in [1.54, 1.807) is 0 Å². The van der Waals surface area contributed by atoms with E-state index >= 15 is 0 Å². The van der Waals surface area contributed by atoms with Gasteiger partial charge in [-0.25, -0.2) is 4.79 Å². The highest BCUT2D eigenvalue weighted by atomic mass is 16.6. The number of aliphatic hydroxyl groups is 2. The summed E-state index contributed by atoms with van der Waals surface area (Å²) in [5.41, 5.74) is 0.782. The molecule has 30 heavy (non-hydrogen) atoms. The molecule has 3 saturated carbocycles. The van der Waals surface area contributed by atoms with Crippen molar-refractivity contribution in [2.45, 2.75) is 97.1 Å². The van der Waals surface area contributed by atoms with Crippen LogP contribution in [-0.2, 0) is 14.3 Å². The van der Waals surface area contributed by atoms with E-state index in [-0.39, 0.29) is 24.0 Å². The molecule has 5 heteroatoms. The Morgan fingerprint density at radius 1 is 1.00 bits per heavy atom. The Morgan fingerprint density at radius 2 is 1.70 bits per heavy atom. The number of carbonyl (C=O) groups is 1. The van der Waals surface area contributed by atoms with Crippen molar-refractivity contribution in [3.05, 3.63) is 11.6 Å². The molecule has 1 saturated heterocycles. The van der Waals surface area contributed by atoms with Gasteiger partial charge in [0.15, 0.2) is 0 Å². The van der Waals surface area contributed by atoms with Gasteiger partial charge in [0, 0.05) is 11.6 Å². The maximum absolute atomic E-state index is 11.7. The Labute approximate surface area is 180 Å². The maximum Gasteiger partial charge on any atom is 0.333 e. The van der Waals surface area contributed by atoms with E-state index in [0.717, 1.165) is 25.2 Å². The van der Waals surface area contributed by atoms with Crippen LogP contribution in [0.1, 0.15) is 79.1 Å². The second-order valence-electron chi connectivity index (χ2n) is 12.1. The predicted molar refractivity (Wildman–Crippen MR) is 112 cm³/mol. The fourth-order valence-corrected chi connectivity index (χ4v) is 9.20. The molecule has 0 bridgehead atoms. The maximum atomic E-state index is 11.7. The first-order valence-corrected chi connectivity index (χ1v) is 11.9. The Balaban J connectivity index is 1.50. The summed E-state index contributed by atoms with van der Waals surface area (Å²) in [5.74, 6) is 1.10. The van der Waals surface area contributed by atoms with E-state index in [1.807, 2.05) is 0 Å². The number of aliphatic hydroxyl groups excluding tert-OH is 2. The van der Waals surface area contributed by atoms with Gasteiger partial charge in [0.1, 0.15) is 0 Å². The average molecular weight is 419 g/mol. The topological polar surface area (TPSA) is 76.0 Å². The van der Waals surface area contributed by atoms with Crippen molar-refractivity contribution in [1.82, 2.24) is 0 Å². The summed E-state index contributed by atoms with van der Waals surface area (Å²) in [6, 6.07) is 0. The second kappa shape index (κ2) is 6.55. The number of ether oxygens (including phenoxy) is 2. The Bertz CT molecular complexity index is 774. The highest BCUT2D eigenvalue weighted by Gasteiger charge is 2.67. The van der Waals surface area contributed by atoms with Gasteiger partial charge in [0.25, 0.3) is 0 Å². The Kier molecular flexibility index (Phi) is 4.58. The highest BCUT2D eigenvalue weighted by Crippen LogP contribution is 2.71. The number of cyclic esters (lactones) is 1. The van der Waals surface area contributed by atoms with Gasteiger partial charge in [-0.1, -0.05) is 34.1 Å². The summed E-state index contributed by atoms with van der Waals surface area (Å²) in [5, 5.41) is 20.7. The summed E-state index contributed by atoms with van der Waals surface area (Å²) >= 11 is 0. The molecule has 8 unspecified atom stereocenters. The first-order chi connectivity index (χ1) is 14.1. The van der Waals surface area contributed by atoms with Gasteiger partial charge in [0.05, 0.1) is 18.3 Å². The molecule has 8 atom stereocenters. The largest absolute Gasteiger partial charge is 0.429 e. The quantitative estimate of drug-likeness (QED) is 0.664. The molecule has 5 aliphatic rings. The van der Waals surface area contributed by atoms with Crippen LogP contribution in [0.15, 0.2) is 11.6 Å². The average Bonchev–Trinajstić information content (AvgIpc) is 3.21. The van der Waals surface area contributed by atoms with Crippen LogP contribution >= 0.6 is 0 Å². The number of hydrogen-bond donors (Lipinski definition) is 2. The van der Waals surface area contributed by atoms with Crippen LogP contribution in [0.4, 0.5) is 0 Å². The molecule has 4 fully saturated rings. The zero-order chi connectivity index (χ0) is 21.5. The third-order valence-corrected chi connectivity index (χ3v) is 10.4. The zero-order valence-corrected chi connectivity index (χ0v) is 18.9. The van der Waals surface area contributed by atoms with E-state index < -0.39 is 17.9 Å². The van der Waals surface area contributed by atoms with Crippen LogP contribution in [-0.4, -0.2) is 40.8 Å². The second-order valence-corrected chi connectivity index (χ2v) is 12.1. The van der Waals surface area contributed by atoms with Gasteiger partial charge in [-0.2, -0.15) is 0 Å². The smallest absolute Gasteiger partial charge is 0.333 e. The molecule has 168 valence electrons. The summed E-state index contributed by atoms with van der Waals surface area (Å²) in [6.45, 7) is 9.94. The molecule has 0 amide bonds. The number of carbonyl (C=O) groups excluding carboxylic acids is 1. The van der Waals surface area contributed by atoms with Crippen molar-refractivity contribution in [3.63, 3.8) is 0 Å². The lowest BCUT2D eigenvalue weighted by atomic mass is 9.38. The lowest BCUT2D eigenvalue weighted by Gasteiger charge is -2.67. The molecule has 0 radical (unpaired) electrons. The van der Waals surface area contributed by atoms with Gasteiger partial charge < -0.3 is 19.7 Å². The molecule has 0 aromatic heterocycles. The minimum atomic E-state index is -1.21. The molecule has 2 aliphatic heterocycles. The molecule has 2 N–H and O–H groups in total. The van der Waals surface area contributed by atoms with Crippen LogP contribution in [0.3, 0.4) is 0 Å². The molecule has 0 spiro atoms. The zero-order valence-electron chi connectivity index (χ0n) is 18.9. The van der Waals surface area contributed by atoms with Gasteiger partial charge in [-0.15, -0.1) is 0 Å². The molecule has 5 rings (SSSR count). The summed E-state index contributed by atoms with van der Waals surface area (Å²) < 4.78 is 11.4. The molecule has 0 aromatic rings. The minimum Gasteiger partial charge on any atom is -0.429 e. The van der Waals surface area contributed by atoms with E-state index in [9.17, 15) is 15.0 Å². The van der Waals surface area contributed by atoms with Gasteiger partial charge in [-0.3, -0.25) is 0 Å². The summed E-state index contributed by atoms with van der Waals surface area (Å²) in [7, 11) is 0. The Hall–Kier alpha value is -0.910. The fraction of sp³-hybridized carbons (Fsp3) is 0.880. The van der Waals surface area contributed by atoms with E-state index in [0.29, 0.717) is 22.3 Å². The third kappa shape index (κ3) is 2.67. The van der Waals surface area contributed by atoms with E-state index in [1.165, 1.54) is 38.2 Å². The van der Waals surface area contributed by atoms with Crippen molar-refractivity contribution in [1.29, 1.82) is 0 Å². The minimum absolute atomic E-state index is 0.000289. The lowest BCUT2D eigenvalue weighted by Crippen LogP contribution is -2.62. The number of fused-ring (bicyclic) bond motifs is 5. The van der Waals surface area contributed by atoms with Gasteiger partial charge >= 0.3 is 5.97 Å². The van der Waals surface area contributed by atoms with E-state index in [4.69, 9.17) is 9.47 Å².